The minimum absolute atomic E-state index is 0.450. The number of carbonyl (C=O) groups is 1. The quantitative estimate of drug-likeness (QED) is 0.650. The van der Waals surface area contributed by atoms with Crippen LogP contribution in [0.5, 0.6) is 11.5 Å². The second-order valence-corrected chi connectivity index (χ2v) is 7.45. The number of carboxylic acid groups (broad SMARTS) is 1. The summed E-state index contributed by atoms with van der Waals surface area (Å²) in [7, 11) is 1.51. The highest BCUT2D eigenvalue weighted by molar-refractivity contribution is 5.73. The summed E-state index contributed by atoms with van der Waals surface area (Å²) in [5, 5.41) is 9.78. The fourth-order valence-corrected chi connectivity index (χ4v) is 4.09. The maximum absolute atomic E-state index is 13.1. The number of carboxylic acids is 1. The molecule has 3 rings (SSSR count). The molecule has 1 aliphatic rings. The van der Waals surface area contributed by atoms with Crippen molar-refractivity contribution >= 4 is 5.97 Å². The predicted octanol–water partition coefficient (Wildman–Crippen LogP) is 5.14. The minimum atomic E-state index is -4.44. The van der Waals surface area contributed by atoms with E-state index in [-0.39, 0.29) is 0 Å². The molecule has 0 amide bonds. The third-order valence-electron chi connectivity index (χ3n) is 5.52. The van der Waals surface area contributed by atoms with Crippen LogP contribution in [0.15, 0.2) is 42.5 Å². The van der Waals surface area contributed by atoms with E-state index in [9.17, 15) is 23.1 Å². The van der Waals surface area contributed by atoms with Gasteiger partial charge in [0.05, 0.1) is 25.3 Å². The molecule has 31 heavy (non-hydrogen) atoms. The van der Waals surface area contributed by atoms with Gasteiger partial charge in [0.1, 0.15) is 6.04 Å². The van der Waals surface area contributed by atoms with Crippen LogP contribution in [0, 0.1) is 0 Å². The van der Waals surface area contributed by atoms with Crippen molar-refractivity contribution in [2.75, 3.05) is 20.3 Å². The van der Waals surface area contributed by atoms with Gasteiger partial charge in [-0.3, -0.25) is 9.69 Å². The predicted molar refractivity (Wildman–Crippen MR) is 109 cm³/mol. The highest BCUT2D eigenvalue weighted by atomic mass is 19.4. The molecule has 0 bridgehead atoms. The van der Waals surface area contributed by atoms with E-state index in [4.69, 9.17) is 9.47 Å². The molecular formula is C23H26F3NO4. The van der Waals surface area contributed by atoms with E-state index in [1.807, 2.05) is 17.9 Å². The molecule has 1 fully saturated rings. The number of nitrogens with zero attached hydrogens (tertiary/aromatic N) is 1. The first-order chi connectivity index (χ1) is 14.8. The van der Waals surface area contributed by atoms with Gasteiger partial charge in [0.15, 0.2) is 11.5 Å². The SMILES string of the molecule is CCOc1ccc(C(c2ccc(C(F)(F)F)cc2)N2CCCCC2C(=O)O)cc1OC. The van der Waals surface area contributed by atoms with Crippen molar-refractivity contribution in [3.05, 3.63) is 59.2 Å². The summed E-state index contributed by atoms with van der Waals surface area (Å²) in [4.78, 5) is 13.8. The smallest absolute Gasteiger partial charge is 0.416 e. The number of ether oxygens (including phenoxy) is 2. The van der Waals surface area contributed by atoms with Crippen molar-refractivity contribution in [2.24, 2.45) is 0 Å². The normalized spacial score (nSPS) is 18.4. The van der Waals surface area contributed by atoms with Gasteiger partial charge in [0.25, 0.3) is 0 Å². The zero-order chi connectivity index (χ0) is 22.6. The Hall–Kier alpha value is -2.74. The Balaban J connectivity index is 2.09. The molecule has 2 aromatic rings. The summed E-state index contributed by atoms with van der Waals surface area (Å²) in [6.45, 7) is 2.83. The van der Waals surface area contributed by atoms with Crippen molar-refractivity contribution in [3.63, 3.8) is 0 Å². The third kappa shape index (κ3) is 5.12. The van der Waals surface area contributed by atoms with E-state index in [2.05, 4.69) is 0 Å². The molecular weight excluding hydrogens is 411 g/mol. The van der Waals surface area contributed by atoms with Crippen LogP contribution in [0.1, 0.15) is 48.9 Å². The van der Waals surface area contributed by atoms with Gasteiger partial charge in [0, 0.05) is 0 Å². The number of hydrogen-bond donors (Lipinski definition) is 1. The summed E-state index contributed by atoms with van der Waals surface area (Å²) in [6.07, 6.45) is -2.35. The number of methoxy groups -OCH3 is 1. The Morgan fingerprint density at radius 2 is 1.81 bits per heavy atom. The lowest BCUT2D eigenvalue weighted by molar-refractivity contribution is -0.145. The van der Waals surface area contributed by atoms with Gasteiger partial charge in [-0.25, -0.2) is 0 Å². The Morgan fingerprint density at radius 3 is 2.39 bits per heavy atom. The molecule has 8 heteroatoms. The van der Waals surface area contributed by atoms with Crippen molar-refractivity contribution in [1.82, 2.24) is 4.90 Å². The number of hydrogen-bond acceptors (Lipinski definition) is 4. The average molecular weight is 437 g/mol. The monoisotopic (exact) mass is 437 g/mol. The van der Waals surface area contributed by atoms with Crippen LogP contribution in [0.25, 0.3) is 0 Å². The molecule has 1 aliphatic heterocycles. The molecule has 1 N–H and O–H groups in total. The second kappa shape index (κ2) is 9.60. The number of alkyl halides is 3. The van der Waals surface area contributed by atoms with Crippen molar-refractivity contribution in [1.29, 1.82) is 0 Å². The van der Waals surface area contributed by atoms with Crippen LogP contribution >= 0.6 is 0 Å². The summed E-state index contributed by atoms with van der Waals surface area (Å²) in [5.74, 6) is 0.100. The number of halogens is 3. The summed E-state index contributed by atoms with van der Waals surface area (Å²) >= 11 is 0. The Bertz CT molecular complexity index is 899. The molecule has 0 radical (unpaired) electrons. The lowest BCUT2D eigenvalue weighted by atomic mass is 9.91. The topological polar surface area (TPSA) is 59.0 Å². The number of benzene rings is 2. The average Bonchev–Trinajstić information content (AvgIpc) is 2.75. The van der Waals surface area contributed by atoms with Crippen LogP contribution < -0.4 is 9.47 Å². The minimum Gasteiger partial charge on any atom is -0.493 e. The van der Waals surface area contributed by atoms with Gasteiger partial charge < -0.3 is 14.6 Å². The fraction of sp³-hybridized carbons (Fsp3) is 0.435. The van der Waals surface area contributed by atoms with Crippen molar-refractivity contribution in [2.45, 2.75) is 44.4 Å². The Labute approximate surface area is 179 Å². The van der Waals surface area contributed by atoms with E-state index in [0.717, 1.165) is 30.5 Å². The summed E-state index contributed by atoms with van der Waals surface area (Å²) in [5.41, 5.74) is 0.577. The van der Waals surface area contributed by atoms with Gasteiger partial charge in [-0.15, -0.1) is 0 Å². The molecule has 2 atom stereocenters. The van der Waals surface area contributed by atoms with Crippen LogP contribution in [0.2, 0.25) is 0 Å². The van der Waals surface area contributed by atoms with Gasteiger partial charge in [-0.05, 0) is 61.7 Å². The summed E-state index contributed by atoms with van der Waals surface area (Å²) < 4.78 is 50.2. The standard InChI is InChI=1S/C23H26F3NO4/c1-3-31-19-12-9-16(14-20(19)30-2)21(27-13-5-4-6-18(27)22(28)29)15-7-10-17(11-8-15)23(24,25)26/h7-12,14,18,21H,3-6,13H2,1-2H3,(H,28,29). The third-order valence-corrected chi connectivity index (χ3v) is 5.52. The molecule has 2 unspecified atom stereocenters. The zero-order valence-corrected chi connectivity index (χ0v) is 17.5. The van der Waals surface area contributed by atoms with Crippen molar-refractivity contribution < 1.29 is 32.5 Å². The van der Waals surface area contributed by atoms with Crippen LogP contribution in [-0.2, 0) is 11.0 Å². The number of likely N-dealkylation sites (tertiary alicyclic amines) is 1. The van der Waals surface area contributed by atoms with E-state index in [0.29, 0.717) is 36.6 Å². The lowest BCUT2D eigenvalue weighted by Crippen LogP contribution is -2.46. The number of piperidine rings is 1. The maximum atomic E-state index is 13.1. The molecule has 1 saturated heterocycles. The largest absolute Gasteiger partial charge is 0.493 e. The van der Waals surface area contributed by atoms with Crippen LogP contribution in [0.4, 0.5) is 13.2 Å². The molecule has 5 nitrogen and oxygen atoms in total. The van der Waals surface area contributed by atoms with Crippen LogP contribution in [-0.4, -0.2) is 42.3 Å². The highest BCUT2D eigenvalue weighted by Crippen LogP contribution is 2.39. The first-order valence-corrected chi connectivity index (χ1v) is 10.2. The van der Waals surface area contributed by atoms with E-state index in [1.165, 1.54) is 19.2 Å². The Kier molecular flexibility index (Phi) is 7.10. The van der Waals surface area contributed by atoms with E-state index in [1.54, 1.807) is 12.1 Å². The second-order valence-electron chi connectivity index (χ2n) is 7.45. The molecule has 0 saturated carbocycles. The zero-order valence-electron chi connectivity index (χ0n) is 17.5. The maximum Gasteiger partial charge on any atom is 0.416 e. The molecule has 2 aromatic carbocycles. The van der Waals surface area contributed by atoms with Gasteiger partial charge in [-0.2, -0.15) is 13.2 Å². The van der Waals surface area contributed by atoms with Gasteiger partial charge in [-0.1, -0.05) is 24.6 Å². The van der Waals surface area contributed by atoms with Gasteiger partial charge in [0.2, 0.25) is 0 Å². The van der Waals surface area contributed by atoms with Crippen molar-refractivity contribution in [3.8, 4) is 11.5 Å². The molecule has 168 valence electrons. The fourth-order valence-electron chi connectivity index (χ4n) is 4.09. The Morgan fingerprint density at radius 1 is 1.13 bits per heavy atom. The molecule has 1 heterocycles. The molecule has 0 aliphatic carbocycles. The first-order valence-electron chi connectivity index (χ1n) is 10.2. The first kappa shape index (κ1) is 22.9. The molecule has 0 spiro atoms. The number of aliphatic carboxylic acids is 1. The van der Waals surface area contributed by atoms with E-state index >= 15 is 0 Å². The van der Waals surface area contributed by atoms with E-state index < -0.39 is 29.8 Å². The highest BCUT2D eigenvalue weighted by Gasteiger charge is 2.36. The van der Waals surface area contributed by atoms with Gasteiger partial charge >= 0.3 is 12.1 Å². The van der Waals surface area contributed by atoms with Crippen LogP contribution in [0.3, 0.4) is 0 Å². The number of rotatable bonds is 7. The lowest BCUT2D eigenvalue weighted by Gasteiger charge is -2.39. The molecule has 0 aromatic heterocycles. The summed E-state index contributed by atoms with van der Waals surface area (Å²) in [6, 6.07) is 8.97.